The molecule has 10 rings (SSSR count). The van der Waals surface area contributed by atoms with Crippen molar-refractivity contribution in [1.29, 1.82) is 0 Å². The molecule has 0 amide bonds. The molecule has 0 N–H and O–H groups in total. The highest BCUT2D eigenvalue weighted by Crippen LogP contribution is 2.47. The van der Waals surface area contributed by atoms with E-state index in [-0.39, 0.29) is 5.41 Å². The van der Waals surface area contributed by atoms with E-state index < -0.39 is 0 Å². The highest BCUT2D eigenvalue weighted by molar-refractivity contribution is 7.26. The average Bonchev–Trinajstić information content (AvgIpc) is 3.73. The first-order valence-electron chi connectivity index (χ1n) is 18.3. The molecule has 1 aliphatic rings. The molecule has 8 aromatic carbocycles. The van der Waals surface area contributed by atoms with E-state index >= 15 is 0 Å². The Morgan fingerprint density at radius 2 is 1.04 bits per heavy atom. The molecule has 0 spiro atoms. The lowest BCUT2D eigenvalue weighted by Crippen LogP contribution is -2.16. The van der Waals surface area contributed by atoms with Crippen molar-refractivity contribution in [2.75, 3.05) is 4.90 Å². The third kappa shape index (κ3) is 5.37. The maximum Gasteiger partial charge on any atom is 0.0462 e. The molecule has 0 saturated heterocycles. The van der Waals surface area contributed by atoms with Crippen LogP contribution in [0.5, 0.6) is 0 Å². The molecular formula is C51H37NS. The lowest BCUT2D eigenvalue weighted by Gasteiger charge is -2.28. The van der Waals surface area contributed by atoms with E-state index in [9.17, 15) is 0 Å². The molecule has 1 nitrogen and oxygen atoms in total. The van der Waals surface area contributed by atoms with Gasteiger partial charge in [-0.05, 0) is 110 Å². The molecule has 0 unspecified atom stereocenters. The molecule has 9 aromatic rings. The highest BCUT2D eigenvalue weighted by Gasteiger charge is 2.33. The van der Waals surface area contributed by atoms with Crippen LogP contribution < -0.4 is 4.90 Å². The second-order valence-corrected chi connectivity index (χ2v) is 15.6. The average molecular weight is 696 g/mol. The van der Waals surface area contributed by atoms with E-state index in [0.717, 1.165) is 17.1 Å². The molecule has 0 radical (unpaired) electrons. The minimum Gasteiger partial charge on any atom is -0.311 e. The van der Waals surface area contributed by atoms with Crippen LogP contribution in [0.25, 0.3) is 64.8 Å². The van der Waals surface area contributed by atoms with E-state index in [2.05, 4.69) is 207 Å². The Kier molecular flexibility index (Phi) is 7.42. The number of allylic oxidation sites excluding steroid dienone is 1. The smallest absolute Gasteiger partial charge is 0.0462 e. The number of fused-ring (bicyclic) bond motifs is 5. The predicted octanol–water partition coefficient (Wildman–Crippen LogP) is 14.8. The van der Waals surface area contributed by atoms with Gasteiger partial charge in [0.05, 0.1) is 0 Å². The first kappa shape index (κ1) is 31.5. The van der Waals surface area contributed by atoms with E-state index in [1.54, 1.807) is 0 Å². The second-order valence-electron chi connectivity index (χ2n) is 14.6. The first-order chi connectivity index (χ1) is 26.0. The number of benzene rings is 8. The quantitative estimate of drug-likeness (QED) is 0.167. The van der Waals surface area contributed by atoms with Crippen LogP contribution in [0.1, 0.15) is 30.5 Å². The summed E-state index contributed by atoms with van der Waals surface area (Å²) >= 11 is 1.88. The zero-order chi connectivity index (χ0) is 35.5. The van der Waals surface area contributed by atoms with Gasteiger partial charge < -0.3 is 4.90 Å². The van der Waals surface area contributed by atoms with Crippen LogP contribution in [0.4, 0.5) is 17.1 Å². The minimum absolute atomic E-state index is 0.0521. The molecular weight excluding hydrogens is 659 g/mol. The van der Waals surface area contributed by atoms with E-state index in [1.807, 2.05) is 11.3 Å². The summed E-state index contributed by atoms with van der Waals surface area (Å²) in [6, 6.07) is 66.7. The van der Waals surface area contributed by atoms with E-state index in [1.165, 1.54) is 75.5 Å². The van der Waals surface area contributed by atoms with Crippen molar-refractivity contribution >= 4 is 71.0 Å². The standard InChI is InChI=1S/C51H37NS/c1-51(2)47-16-7-5-12-40(47)33-48(51)37-24-30-43(31-25-37)52(41-26-20-35(21-27-41)39-19-18-34-10-3-4-11-38(34)32-39)42-28-22-36(23-29-42)44-14-9-15-46-45-13-6-8-17-49(45)53-50(44)46/h3-33H,1-2H3. The summed E-state index contributed by atoms with van der Waals surface area (Å²) < 4.78 is 2.67. The Labute approximate surface area is 314 Å². The van der Waals surface area contributed by atoms with E-state index in [4.69, 9.17) is 0 Å². The predicted molar refractivity (Wildman–Crippen MR) is 230 cm³/mol. The SMILES string of the molecule is CC1(C)C(c2ccc(N(c3ccc(-c4ccc5ccccc5c4)cc3)c3ccc(-c4cccc5c4sc4ccccc45)cc3)cc2)=Cc2ccccc21. The Hall–Kier alpha value is -6.22. The summed E-state index contributed by atoms with van der Waals surface area (Å²) in [5.41, 5.74) is 13.6. The zero-order valence-corrected chi connectivity index (χ0v) is 30.6. The Bertz CT molecular complexity index is 2840. The number of thiophene rings is 1. The molecule has 0 saturated carbocycles. The molecule has 0 fully saturated rings. The molecule has 252 valence electrons. The summed E-state index contributed by atoms with van der Waals surface area (Å²) in [7, 11) is 0. The fourth-order valence-electron chi connectivity index (χ4n) is 8.29. The first-order valence-corrected chi connectivity index (χ1v) is 19.2. The molecule has 0 aliphatic heterocycles. The maximum absolute atomic E-state index is 2.38. The monoisotopic (exact) mass is 695 g/mol. The molecule has 0 atom stereocenters. The van der Waals surface area contributed by atoms with Gasteiger partial charge in [0.25, 0.3) is 0 Å². The van der Waals surface area contributed by atoms with Crippen molar-refractivity contribution in [3.8, 4) is 22.3 Å². The lowest BCUT2D eigenvalue weighted by atomic mass is 9.78. The van der Waals surface area contributed by atoms with Gasteiger partial charge in [0, 0.05) is 42.6 Å². The van der Waals surface area contributed by atoms with Crippen molar-refractivity contribution in [3.63, 3.8) is 0 Å². The normalized spacial score (nSPS) is 13.4. The summed E-state index contributed by atoms with van der Waals surface area (Å²) in [4.78, 5) is 2.38. The molecule has 1 aromatic heterocycles. The largest absolute Gasteiger partial charge is 0.311 e. The summed E-state index contributed by atoms with van der Waals surface area (Å²) in [5.74, 6) is 0. The molecule has 2 heteroatoms. The van der Waals surface area contributed by atoms with Crippen LogP contribution in [0.15, 0.2) is 182 Å². The number of hydrogen-bond acceptors (Lipinski definition) is 2. The van der Waals surface area contributed by atoms with Crippen molar-refractivity contribution < 1.29 is 0 Å². The van der Waals surface area contributed by atoms with Crippen LogP contribution in [0.2, 0.25) is 0 Å². The third-order valence-corrected chi connectivity index (χ3v) is 12.3. The fraction of sp³-hybridized carbons (Fsp3) is 0.0588. The van der Waals surface area contributed by atoms with Crippen LogP contribution in [0.3, 0.4) is 0 Å². The van der Waals surface area contributed by atoms with E-state index in [0.29, 0.717) is 0 Å². The molecule has 1 heterocycles. The van der Waals surface area contributed by atoms with Crippen LogP contribution in [0, 0.1) is 0 Å². The topological polar surface area (TPSA) is 3.24 Å². The summed E-state index contributed by atoms with van der Waals surface area (Å²) in [6.45, 7) is 4.67. The van der Waals surface area contributed by atoms with Crippen molar-refractivity contribution in [1.82, 2.24) is 0 Å². The van der Waals surface area contributed by atoms with Gasteiger partial charge in [-0.3, -0.25) is 0 Å². The summed E-state index contributed by atoms with van der Waals surface area (Å²) in [6.07, 6.45) is 2.36. The van der Waals surface area contributed by atoms with Gasteiger partial charge >= 0.3 is 0 Å². The third-order valence-electron chi connectivity index (χ3n) is 11.1. The van der Waals surface area contributed by atoms with Gasteiger partial charge in [-0.25, -0.2) is 0 Å². The zero-order valence-electron chi connectivity index (χ0n) is 29.8. The number of nitrogens with zero attached hydrogens (tertiary/aromatic N) is 1. The van der Waals surface area contributed by atoms with Gasteiger partial charge in [0.15, 0.2) is 0 Å². The Morgan fingerprint density at radius 3 is 1.77 bits per heavy atom. The van der Waals surface area contributed by atoms with Gasteiger partial charge in [0.2, 0.25) is 0 Å². The number of anilines is 3. The highest BCUT2D eigenvalue weighted by atomic mass is 32.1. The second kappa shape index (κ2) is 12.5. The fourth-order valence-corrected chi connectivity index (χ4v) is 9.53. The molecule has 0 bridgehead atoms. The Balaban J connectivity index is 1.04. The van der Waals surface area contributed by atoms with Gasteiger partial charge in [0.1, 0.15) is 0 Å². The minimum atomic E-state index is -0.0521. The lowest BCUT2D eigenvalue weighted by molar-refractivity contribution is 0.704. The number of hydrogen-bond donors (Lipinski definition) is 0. The maximum atomic E-state index is 2.38. The summed E-state index contributed by atoms with van der Waals surface area (Å²) in [5, 5.41) is 5.17. The van der Waals surface area contributed by atoms with Crippen molar-refractivity contribution in [2.45, 2.75) is 19.3 Å². The Morgan fingerprint density at radius 1 is 0.453 bits per heavy atom. The van der Waals surface area contributed by atoms with Crippen LogP contribution in [-0.2, 0) is 5.41 Å². The molecule has 53 heavy (non-hydrogen) atoms. The van der Waals surface area contributed by atoms with Crippen LogP contribution >= 0.6 is 11.3 Å². The van der Waals surface area contributed by atoms with Gasteiger partial charge in [-0.15, -0.1) is 11.3 Å². The number of rotatable bonds is 6. The van der Waals surface area contributed by atoms with Crippen LogP contribution in [-0.4, -0.2) is 0 Å². The molecule has 1 aliphatic carbocycles. The van der Waals surface area contributed by atoms with Gasteiger partial charge in [-0.1, -0.05) is 147 Å². The van der Waals surface area contributed by atoms with Crippen molar-refractivity contribution in [3.05, 3.63) is 199 Å². The van der Waals surface area contributed by atoms with Gasteiger partial charge in [-0.2, -0.15) is 0 Å². The van der Waals surface area contributed by atoms with Crippen molar-refractivity contribution in [2.24, 2.45) is 0 Å².